The molecule has 1 aromatic heterocycles. The summed E-state index contributed by atoms with van der Waals surface area (Å²) in [6.45, 7) is 0. The second-order valence-corrected chi connectivity index (χ2v) is 10.2. The van der Waals surface area contributed by atoms with Crippen LogP contribution < -0.4 is 5.48 Å². The van der Waals surface area contributed by atoms with Crippen molar-refractivity contribution in [1.29, 1.82) is 0 Å². The molecule has 4 aromatic rings. The molecule has 0 fully saturated rings. The largest absolute Gasteiger partial charge is 0.366 e. The molecule has 0 amide bonds. The number of hydroxylamine groups is 1. The molecular formula is C24H21NO4S2. The van der Waals surface area contributed by atoms with Crippen molar-refractivity contribution in [3.8, 4) is 0 Å². The van der Waals surface area contributed by atoms with Crippen molar-refractivity contribution in [2.45, 2.75) is 11.8 Å². The maximum atomic E-state index is 13.0. The Bertz CT molecular complexity index is 1270. The predicted molar refractivity (Wildman–Crippen MR) is 123 cm³/mol. The van der Waals surface area contributed by atoms with Gasteiger partial charge in [0.2, 0.25) is 0 Å². The maximum Gasteiger partial charge on any atom is 0.356 e. The average molecular weight is 452 g/mol. The number of sulfone groups is 1. The SMILES string of the molecule is O=C(ON[C@H](CS(=O)(=O)Cc1ccc2sccc2c1)c1ccccc1)c1ccccc1. The molecule has 158 valence electrons. The minimum atomic E-state index is -3.50. The van der Waals surface area contributed by atoms with E-state index in [1.165, 1.54) is 0 Å². The minimum Gasteiger partial charge on any atom is -0.366 e. The van der Waals surface area contributed by atoms with Gasteiger partial charge < -0.3 is 4.84 Å². The molecule has 4 rings (SSSR count). The van der Waals surface area contributed by atoms with Crippen LogP contribution in [0.25, 0.3) is 10.1 Å². The molecule has 0 aliphatic carbocycles. The van der Waals surface area contributed by atoms with E-state index in [4.69, 9.17) is 4.84 Å². The maximum absolute atomic E-state index is 13.0. The van der Waals surface area contributed by atoms with Crippen molar-refractivity contribution < 1.29 is 18.0 Å². The Labute approximate surface area is 185 Å². The molecule has 7 heteroatoms. The third-order valence-corrected chi connectivity index (χ3v) is 7.34. The van der Waals surface area contributed by atoms with E-state index in [-0.39, 0.29) is 11.5 Å². The normalized spacial score (nSPS) is 12.5. The molecule has 0 aliphatic heterocycles. The summed E-state index contributed by atoms with van der Waals surface area (Å²) in [5, 5.41) is 3.02. The Morgan fingerprint density at radius 3 is 2.39 bits per heavy atom. The Morgan fingerprint density at radius 2 is 1.65 bits per heavy atom. The van der Waals surface area contributed by atoms with E-state index in [0.717, 1.165) is 21.2 Å². The fourth-order valence-electron chi connectivity index (χ4n) is 3.31. The first-order chi connectivity index (χ1) is 15.0. The lowest BCUT2D eigenvalue weighted by molar-refractivity contribution is 0.0172. The standard InChI is InChI=1S/C24H21NO4S2/c26-24(20-9-5-2-6-10-20)29-25-22(19-7-3-1-4-8-19)17-31(27,28)16-18-11-12-23-21(15-18)13-14-30-23/h1-15,22,25H,16-17H2/t22-/m1/s1. The monoisotopic (exact) mass is 451 g/mol. The zero-order valence-electron chi connectivity index (χ0n) is 16.6. The van der Waals surface area contributed by atoms with Crippen LogP contribution in [-0.4, -0.2) is 20.1 Å². The first-order valence-corrected chi connectivity index (χ1v) is 12.4. The molecule has 0 radical (unpaired) electrons. The van der Waals surface area contributed by atoms with Gasteiger partial charge in [0, 0.05) is 4.70 Å². The lowest BCUT2D eigenvalue weighted by Crippen LogP contribution is -2.31. The number of fused-ring (bicyclic) bond motifs is 1. The molecule has 1 N–H and O–H groups in total. The van der Waals surface area contributed by atoms with Crippen LogP contribution in [0.2, 0.25) is 0 Å². The molecule has 31 heavy (non-hydrogen) atoms. The van der Waals surface area contributed by atoms with Gasteiger partial charge in [0.15, 0.2) is 9.84 Å². The van der Waals surface area contributed by atoms with Gasteiger partial charge in [-0.15, -0.1) is 16.8 Å². The third kappa shape index (κ3) is 5.58. The van der Waals surface area contributed by atoms with E-state index >= 15 is 0 Å². The fraction of sp³-hybridized carbons (Fsp3) is 0.125. The van der Waals surface area contributed by atoms with Gasteiger partial charge in [-0.25, -0.2) is 13.2 Å². The summed E-state index contributed by atoms with van der Waals surface area (Å²) >= 11 is 1.62. The van der Waals surface area contributed by atoms with E-state index in [1.54, 1.807) is 53.8 Å². The number of benzene rings is 3. The van der Waals surface area contributed by atoms with Crippen LogP contribution >= 0.6 is 11.3 Å². The number of nitrogens with one attached hydrogen (secondary N) is 1. The van der Waals surface area contributed by atoms with Gasteiger partial charge in [-0.2, -0.15) is 0 Å². The second-order valence-electron chi connectivity index (χ2n) is 7.18. The van der Waals surface area contributed by atoms with Gasteiger partial charge in [0.05, 0.1) is 23.1 Å². The fourth-order valence-corrected chi connectivity index (χ4v) is 5.66. The molecule has 0 spiro atoms. The molecule has 0 saturated heterocycles. The van der Waals surface area contributed by atoms with Crippen LogP contribution in [0.1, 0.15) is 27.5 Å². The average Bonchev–Trinajstić information content (AvgIpc) is 3.25. The van der Waals surface area contributed by atoms with Crippen LogP contribution in [0.5, 0.6) is 0 Å². The van der Waals surface area contributed by atoms with Gasteiger partial charge in [-0.1, -0.05) is 54.6 Å². The summed E-state index contributed by atoms with van der Waals surface area (Å²) in [5.41, 5.74) is 4.52. The molecular weight excluding hydrogens is 430 g/mol. The first-order valence-electron chi connectivity index (χ1n) is 9.73. The number of carbonyl (C=O) groups is 1. The molecule has 1 atom stereocenters. The highest BCUT2D eigenvalue weighted by atomic mass is 32.2. The Hall–Kier alpha value is -3.00. The predicted octanol–water partition coefficient (Wildman–Crippen LogP) is 4.92. The van der Waals surface area contributed by atoms with Crippen molar-refractivity contribution in [2.24, 2.45) is 0 Å². The molecule has 0 aliphatic rings. The Morgan fingerprint density at radius 1 is 0.935 bits per heavy atom. The van der Waals surface area contributed by atoms with Crippen LogP contribution in [0.15, 0.2) is 90.3 Å². The van der Waals surface area contributed by atoms with Crippen LogP contribution in [0.4, 0.5) is 0 Å². The summed E-state index contributed by atoms with van der Waals surface area (Å²) in [6.07, 6.45) is 0. The molecule has 1 heterocycles. The highest BCUT2D eigenvalue weighted by Gasteiger charge is 2.23. The minimum absolute atomic E-state index is 0.0869. The van der Waals surface area contributed by atoms with Crippen LogP contribution in [0, 0.1) is 0 Å². The number of rotatable bonds is 8. The Kier molecular flexibility index (Phi) is 6.46. The Balaban J connectivity index is 1.50. The summed E-state index contributed by atoms with van der Waals surface area (Å²) in [5.74, 6) is -0.862. The highest BCUT2D eigenvalue weighted by molar-refractivity contribution is 7.90. The second kappa shape index (κ2) is 9.43. The summed E-state index contributed by atoms with van der Waals surface area (Å²) in [4.78, 5) is 17.5. The zero-order valence-corrected chi connectivity index (χ0v) is 18.2. The van der Waals surface area contributed by atoms with E-state index in [9.17, 15) is 13.2 Å². The van der Waals surface area contributed by atoms with Gasteiger partial charge in [-0.3, -0.25) is 0 Å². The first kappa shape index (κ1) is 21.2. The van der Waals surface area contributed by atoms with Crippen molar-refractivity contribution in [3.63, 3.8) is 0 Å². The molecule has 3 aromatic carbocycles. The summed E-state index contributed by atoms with van der Waals surface area (Å²) < 4.78 is 27.1. The van der Waals surface area contributed by atoms with E-state index in [2.05, 4.69) is 5.48 Å². The van der Waals surface area contributed by atoms with E-state index in [0.29, 0.717) is 5.56 Å². The van der Waals surface area contributed by atoms with Gasteiger partial charge >= 0.3 is 5.97 Å². The lowest BCUT2D eigenvalue weighted by Gasteiger charge is -2.19. The quantitative estimate of drug-likeness (QED) is 0.385. The smallest absolute Gasteiger partial charge is 0.356 e. The molecule has 5 nitrogen and oxygen atoms in total. The van der Waals surface area contributed by atoms with Crippen molar-refractivity contribution in [3.05, 3.63) is 107 Å². The topological polar surface area (TPSA) is 72.5 Å². The molecule has 0 saturated carbocycles. The highest BCUT2D eigenvalue weighted by Crippen LogP contribution is 2.24. The lowest BCUT2D eigenvalue weighted by atomic mass is 10.1. The summed E-state index contributed by atoms with van der Waals surface area (Å²) in [6, 6.07) is 24.6. The van der Waals surface area contributed by atoms with Crippen LogP contribution in [-0.2, 0) is 20.4 Å². The van der Waals surface area contributed by atoms with E-state index in [1.807, 2.05) is 47.8 Å². The molecule has 0 bridgehead atoms. The molecule has 0 unspecified atom stereocenters. The van der Waals surface area contributed by atoms with Gasteiger partial charge in [0.1, 0.15) is 0 Å². The number of hydrogen-bond donors (Lipinski definition) is 1. The van der Waals surface area contributed by atoms with Crippen molar-refractivity contribution in [1.82, 2.24) is 5.48 Å². The van der Waals surface area contributed by atoms with Crippen molar-refractivity contribution in [2.75, 3.05) is 5.75 Å². The summed E-state index contributed by atoms with van der Waals surface area (Å²) in [7, 11) is -3.50. The zero-order chi connectivity index (χ0) is 21.7. The number of thiophene rings is 1. The van der Waals surface area contributed by atoms with E-state index < -0.39 is 21.8 Å². The van der Waals surface area contributed by atoms with Gasteiger partial charge in [-0.05, 0) is 52.2 Å². The number of hydrogen-bond acceptors (Lipinski definition) is 6. The number of carbonyl (C=O) groups excluding carboxylic acids is 1. The van der Waals surface area contributed by atoms with Gasteiger partial charge in [0.25, 0.3) is 0 Å². The van der Waals surface area contributed by atoms with Crippen molar-refractivity contribution >= 4 is 37.2 Å². The third-order valence-electron chi connectivity index (χ3n) is 4.83. The van der Waals surface area contributed by atoms with Crippen LogP contribution in [0.3, 0.4) is 0 Å².